The van der Waals surface area contributed by atoms with E-state index in [2.05, 4.69) is 46.4 Å². The number of aromatic nitrogens is 3. The molecule has 0 aliphatic carbocycles. The number of nitrogens with zero attached hydrogens (tertiary/aromatic N) is 3. The van der Waals surface area contributed by atoms with Gasteiger partial charge in [-0.1, -0.05) is 13.8 Å². The molecule has 2 heterocycles. The lowest BCUT2D eigenvalue weighted by Gasteiger charge is -2.10. The maximum atomic E-state index is 4.57. The average Bonchev–Trinajstić information content (AvgIpc) is 2.89. The lowest BCUT2D eigenvalue weighted by Crippen LogP contribution is -2.09. The van der Waals surface area contributed by atoms with E-state index in [0.29, 0.717) is 6.54 Å². The molecule has 0 amide bonds. The van der Waals surface area contributed by atoms with Crippen molar-refractivity contribution in [2.75, 3.05) is 17.2 Å². The van der Waals surface area contributed by atoms with E-state index in [1.807, 2.05) is 12.3 Å². The second kappa shape index (κ2) is 7.93. The highest BCUT2D eigenvalue weighted by Crippen LogP contribution is 2.16. The molecule has 0 fully saturated rings. The molecule has 6 heteroatoms. The summed E-state index contributed by atoms with van der Waals surface area (Å²) in [6, 6.07) is 1.97. The van der Waals surface area contributed by atoms with Gasteiger partial charge in [-0.15, -0.1) is 11.3 Å². The first-order valence-electron chi connectivity index (χ1n) is 7.48. The van der Waals surface area contributed by atoms with Gasteiger partial charge >= 0.3 is 0 Å². The van der Waals surface area contributed by atoms with Gasteiger partial charge < -0.3 is 10.6 Å². The Kier molecular flexibility index (Phi) is 5.92. The van der Waals surface area contributed by atoms with E-state index < -0.39 is 0 Å². The number of rotatable bonds is 8. The summed E-state index contributed by atoms with van der Waals surface area (Å²) < 4.78 is 0. The average molecular weight is 305 g/mol. The number of thiazole rings is 1. The zero-order valence-corrected chi connectivity index (χ0v) is 13.8. The molecule has 0 aromatic carbocycles. The minimum atomic E-state index is 0.703. The number of anilines is 2. The minimum absolute atomic E-state index is 0.703. The van der Waals surface area contributed by atoms with Gasteiger partial charge in [0.1, 0.15) is 22.5 Å². The quantitative estimate of drug-likeness (QED) is 0.780. The first kappa shape index (κ1) is 15.7. The zero-order chi connectivity index (χ0) is 15.1. The van der Waals surface area contributed by atoms with Crippen LogP contribution in [0.2, 0.25) is 0 Å². The van der Waals surface area contributed by atoms with Crippen molar-refractivity contribution in [3.63, 3.8) is 0 Å². The molecule has 0 radical (unpaired) electrons. The topological polar surface area (TPSA) is 62.7 Å². The van der Waals surface area contributed by atoms with Crippen molar-refractivity contribution in [3.05, 3.63) is 28.0 Å². The molecule has 0 aliphatic heterocycles. The SMILES string of the molecule is CCCNc1cc(NCc2ncc(C)s2)nc(CCC)n1. The predicted octanol–water partition coefficient (Wildman–Crippen LogP) is 3.63. The highest BCUT2D eigenvalue weighted by atomic mass is 32.1. The van der Waals surface area contributed by atoms with Crippen molar-refractivity contribution < 1.29 is 0 Å². The fourth-order valence-electron chi connectivity index (χ4n) is 1.92. The summed E-state index contributed by atoms with van der Waals surface area (Å²) in [7, 11) is 0. The molecule has 2 N–H and O–H groups in total. The smallest absolute Gasteiger partial charge is 0.133 e. The van der Waals surface area contributed by atoms with Crippen LogP contribution in [0.25, 0.3) is 0 Å². The molecule has 2 aromatic heterocycles. The van der Waals surface area contributed by atoms with Crippen LogP contribution in [-0.4, -0.2) is 21.5 Å². The van der Waals surface area contributed by atoms with E-state index in [9.17, 15) is 0 Å². The van der Waals surface area contributed by atoms with Crippen molar-refractivity contribution >= 4 is 23.0 Å². The molecule has 0 spiro atoms. The van der Waals surface area contributed by atoms with Crippen molar-refractivity contribution in [3.8, 4) is 0 Å². The van der Waals surface area contributed by atoms with Gasteiger partial charge in [-0.2, -0.15) is 0 Å². The first-order valence-corrected chi connectivity index (χ1v) is 8.30. The summed E-state index contributed by atoms with van der Waals surface area (Å²) in [6.45, 7) is 7.98. The summed E-state index contributed by atoms with van der Waals surface area (Å²) in [5, 5.41) is 7.75. The van der Waals surface area contributed by atoms with Gasteiger partial charge in [0.15, 0.2) is 0 Å². The fourth-order valence-corrected chi connectivity index (χ4v) is 2.64. The highest BCUT2D eigenvalue weighted by Gasteiger charge is 2.05. The third kappa shape index (κ3) is 4.97. The molecule has 0 saturated carbocycles. The molecule has 21 heavy (non-hydrogen) atoms. The summed E-state index contributed by atoms with van der Waals surface area (Å²) >= 11 is 1.71. The van der Waals surface area contributed by atoms with Crippen LogP contribution in [0.3, 0.4) is 0 Å². The summed E-state index contributed by atoms with van der Waals surface area (Å²) in [5.41, 5.74) is 0. The van der Waals surface area contributed by atoms with E-state index in [1.54, 1.807) is 11.3 Å². The molecule has 2 aromatic rings. The summed E-state index contributed by atoms with van der Waals surface area (Å²) in [5.74, 6) is 2.64. The molecule has 114 valence electrons. The van der Waals surface area contributed by atoms with Crippen LogP contribution in [0.1, 0.15) is 42.4 Å². The van der Waals surface area contributed by atoms with Crippen molar-refractivity contribution in [2.24, 2.45) is 0 Å². The van der Waals surface area contributed by atoms with Crippen LogP contribution < -0.4 is 10.6 Å². The molecule has 0 atom stereocenters. The Morgan fingerprint density at radius 1 is 1.10 bits per heavy atom. The number of hydrogen-bond donors (Lipinski definition) is 2. The molecular weight excluding hydrogens is 282 g/mol. The predicted molar refractivity (Wildman–Crippen MR) is 89.0 cm³/mol. The molecule has 0 unspecified atom stereocenters. The van der Waals surface area contributed by atoms with Crippen LogP contribution in [0.15, 0.2) is 12.3 Å². The second-order valence-electron chi connectivity index (χ2n) is 4.95. The molecular formula is C15H23N5S. The van der Waals surface area contributed by atoms with Crippen LogP contribution in [0, 0.1) is 6.92 Å². The molecule has 2 rings (SSSR count). The summed E-state index contributed by atoms with van der Waals surface area (Å²) in [6.07, 6.45) is 4.92. The Bertz CT molecular complexity index is 567. The van der Waals surface area contributed by atoms with Crippen LogP contribution >= 0.6 is 11.3 Å². The zero-order valence-electron chi connectivity index (χ0n) is 12.9. The van der Waals surface area contributed by atoms with Crippen LogP contribution in [-0.2, 0) is 13.0 Å². The Labute approximate surface area is 130 Å². The van der Waals surface area contributed by atoms with Crippen LogP contribution in [0.4, 0.5) is 11.6 Å². The van der Waals surface area contributed by atoms with E-state index in [4.69, 9.17) is 0 Å². The van der Waals surface area contributed by atoms with Crippen molar-refractivity contribution in [2.45, 2.75) is 46.6 Å². The minimum Gasteiger partial charge on any atom is -0.370 e. The monoisotopic (exact) mass is 305 g/mol. The highest BCUT2D eigenvalue weighted by molar-refractivity contribution is 7.11. The number of nitrogens with one attached hydrogen (secondary N) is 2. The molecule has 0 saturated heterocycles. The molecule has 5 nitrogen and oxygen atoms in total. The van der Waals surface area contributed by atoms with E-state index in [1.165, 1.54) is 4.88 Å². The van der Waals surface area contributed by atoms with Crippen molar-refractivity contribution in [1.82, 2.24) is 15.0 Å². The van der Waals surface area contributed by atoms with Crippen LogP contribution in [0.5, 0.6) is 0 Å². The third-order valence-electron chi connectivity index (χ3n) is 2.89. The van der Waals surface area contributed by atoms with Gasteiger partial charge in [0, 0.05) is 30.1 Å². The fraction of sp³-hybridized carbons (Fsp3) is 0.533. The van der Waals surface area contributed by atoms with Gasteiger partial charge in [-0.25, -0.2) is 15.0 Å². The second-order valence-corrected chi connectivity index (χ2v) is 6.27. The van der Waals surface area contributed by atoms with Crippen molar-refractivity contribution in [1.29, 1.82) is 0 Å². The Morgan fingerprint density at radius 2 is 1.86 bits per heavy atom. The van der Waals surface area contributed by atoms with Gasteiger partial charge in [0.25, 0.3) is 0 Å². The largest absolute Gasteiger partial charge is 0.370 e. The van der Waals surface area contributed by atoms with E-state index >= 15 is 0 Å². The third-order valence-corrected chi connectivity index (χ3v) is 3.80. The Hall–Kier alpha value is -1.69. The maximum absolute atomic E-state index is 4.57. The normalized spacial score (nSPS) is 10.6. The summed E-state index contributed by atoms with van der Waals surface area (Å²) in [4.78, 5) is 14.7. The van der Waals surface area contributed by atoms with Gasteiger partial charge in [-0.05, 0) is 19.8 Å². The Morgan fingerprint density at radius 3 is 2.48 bits per heavy atom. The number of hydrogen-bond acceptors (Lipinski definition) is 6. The molecule has 0 aliphatic rings. The number of aryl methyl sites for hydroxylation is 2. The van der Waals surface area contributed by atoms with E-state index in [0.717, 1.165) is 48.3 Å². The molecule has 0 bridgehead atoms. The lowest BCUT2D eigenvalue weighted by atomic mass is 10.3. The maximum Gasteiger partial charge on any atom is 0.133 e. The first-order chi connectivity index (χ1) is 10.2. The van der Waals surface area contributed by atoms with Gasteiger partial charge in [0.05, 0.1) is 6.54 Å². The Balaban J connectivity index is 2.07. The van der Waals surface area contributed by atoms with E-state index in [-0.39, 0.29) is 0 Å². The standard InChI is InChI=1S/C15H23N5S/c1-4-6-12-19-13(16-7-5-2)8-14(20-12)17-10-15-18-9-11(3)21-15/h8-9H,4-7,10H2,1-3H3,(H2,16,17,19,20). The van der Waals surface area contributed by atoms with Gasteiger partial charge in [-0.3, -0.25) is 0 Å². The lowest BCUT2D eigenvalue weighted by molar-refractivity contribution is 0.831. The van der Waals surface area contributed by atoms with Gasteiger partial charge in [0.2, 0.25) is 0 Å².